The number of hydrogen-bond acceptors (Lipinski definition) is 4. The number of benzene rings is 2. The standard InChI is InChI=1S/C15H15NO4/c1-19-8-14-15(18)16(9-20-14)12-4-2-10-3-5-13(17)7-11(10)6-12/h2-7,14,17H,8-9H2,1H3. The SMILES string of the molecule is COCC1OCN(c2ccc3ccc(O)cc3c2)C1=O. The highest BCUT2D eigenvalue weighted by molar-refractivity contribution is 6.00. The minimum Gasteiger partial charge on any atom is -0.508 e. The molecule has 1 aliphatic rings. The second-order valence-electron chi connectivity index (χ2n) is 4.72. The first-order valence-electron chi connectivity index (χ1n) is 6.34. The van der Waals surface area contributed by atoms with Crippen molar-refractivity contribution in [3.8, 4) is 5.75 Å². The molecule has 1 atom stereocenters. The predicted molar refractivity (Wildman–Crippen MR) is 74.7 cm³/mol. The summed E-state index contributed by atoms with van der Waals surface area (Å²) in [5, 5.41) is 11.4. The van der Waals surface area contributed by atoms with Crippen molar-refractivity contribution >= 4 is 22.4 Å². The van der Waals surface area contributed by atoms with Gasteiger partial charge in [-0.05, 0) is 35.0 Å². The second kappa shape index (κ2) is 5.11. The number of hydrogen-bond donors (Lipinski definition) is 1. The van der Waals surface area contributed by atoms with Crippen molar-refractivity contribution in [2.24, 2.45) is 0 Å². The molecule has 2 aromatic rings. The number of phenolic OH excluding ortho intramolecular Hbond substituents is 1. The Labute approximate surface area is 116 Å². The van der Waals surface area contributed by atoms with Gasteiger partial charge in [0.25, 0.3) is 5.91 Å². The molecule has 1 aliphatic heterocycles. The van der Waals surface area contributed by atoms with Crippen LogP contribution in [0.4, 0.5) is 5.69 Å². The number of phenols is 1. The van der Waals surface area contributed by atoms with Gasteiger partial charge in [0, 0.05) is 12.8 Å². The lowest BCUT2D eigenvalue weighted by Gasteiger charge is -2.15. The van der Waals surface area contributed by atoms with Crippen molar-refractivity contribution in [3.63, 3.8) is 0 Å². The Morgan fingerprint density at radius 3 is 2.90 bits per heavy atom. The summed E-state index contributed by atoms with van der Waals surface area (Å²) in [6.45, 7) is 0.473. The van der Waals surface area contributed by atoms with E-state index in [0.717, 1.165) is 16.5 Å². The van der Waals surface area contributed by atoms with Crippen LogP contribution in [0.15, 0.2) is 36.4 Å². The second-order valence-corrected chi connectivity index (χ2v) is 4.72. The van der Waals surface area contributed by atoms with Gasteiger partial charge in [-0.1, -0.05) is 12.1 Å². The number of anilines is 1. The summed E-state index contributed by atoms with van der Waals surface area (Å²) < 4.78 is 10.4. The van der Waals surface area contributed by atoms with E-state index in [0.29, 0.717) is 0 Å². The van der Waals surface area contributed by atoms with Crippen molar-refractivity contribution in [2.45, 2.75) is 6.10 Å². The molecule has 1 unspecified atom stereocenters. The lowest BCUT2D eigenvalue weighted by atomic mass is 10.1. The Morgan fingerprint density at radius 1 is 1.30 bits per heavy atom. The van der Waals surface area contributed by atoms with Crippen LogP contribution in [0.3, 0.4) is 0 Å². The van der Waals surface area contributed by atoms with Crippen LogP contribution < -0.4 is 4.90 Å². The van der Waals surface area contributed by atoms with E-state index in [1.54, 1.807) is 17.0 Å². The van der Waals surface area contributed by atoms with Crippen molar-refractivity contribution in [1.82, 2.24) is 0 Å². The van der Waals surface area contributed by atoms with Gasteiger partial charge in [0.15, 0.2) is 6.10 Å². The van der Waals surface area contributed by atoms with Crippen molar-refractivity contribution in [1.29, 1.82) is 0 Å². The highest BCUT2D eigenvalue weighted by Crippen LogP contribution is 2.27. The highest BCUT2D eigenvalue weighted by atomic mass is 16.6. The number of ether oxygens (including phenoxy) is 2. The lowest BCUT2D eigenvalue weighted by molar-refractivity contribution is -0.124. The normalized spacial score (nSPS) is 18.9. The van der Waals surface area contributed by atoms with Crippen molar-refractivity contribution in [2.75, 3.05) is 25.3 Å². The van der Waals surface area contributed by atoms with Crippen LogP contribution in [0.5, 0.6) is 5.75 Å². The van der Waals surface area contributed by atoms with Crippen LogP contribution >= 0.6 is 0 Å². The molecule has 5 heteroatoms. The molecular formula is C15H15NO4. The number of methoxy groups -OCH3 is 1. The molecule has 1 saturated heterocycles. The third-order valence-corrected chi connectivity index (χ3v) is 3.38. The molecule has 0 aliphatic carbocycles. The number of amides is 1. The van der Waals surface area contributed by atoms with Gasteiger partial charge in [-0.3, -0.25) is 9.69 Å². The Hall–Kier alpha value is -2.11. The fraction of sp³-hybridized carbons (Fsp3) is 0.267. The molecule has 1 heterocycles. The topological polar surface area (TPSA) is 59.0 Å². The van der Waals surface area contributed by atoms with Gasteiger partial charge in [-0.2, -0.15) is 0 Å². The summed E-state index contributed by atoms with van der Waals surface area (Å²) in [5.74, 6) is 0.0993. The zero-order valence-electron chi connectivity index (χ0n) is 11.1. The summed E-state index contributed by atoms with van der Waals surface area (Å²) in [5.41, 5.74) is 0.756. The molecular weight excluding hydrogens is 258 g/mol. The Morgan fingerprint density at radius 2 is 2.10 bits per heavy atom. The molecule has 104 valence electrons. The highest BCUT2D eigenvalue weighted by Gasteiger charge is 2.33. The quantitative estimate of drug-likeness (QED) is 0.927. The van der Waals surface area contributed by atoms with Gasteiger partial charge in [0.1, 0.15) is 12.5 Å². The Kier molecular flexibility index (Phi) is 3.30. The lowest BCUT2D eigenvalue weighted by Crippen LogP contribution is -2.31. The molecule has 1 N–H and O–H groups in total. The summed E-state index contributed by atoms with van der Waals surface area (Å²) in [6, 6.07) is 10.8. The van der Waals surface area contributed by atoms with E-state index >= 15 is 0 Å². The van der Waals surface area contributed by atoms with Crippen molar-refractivity contribution < 1.29 is 19.4 Å². The molecule has 3 rings (SSSR count). The van der Waals surface area contributed by atoms with E-state index in [2.05, 4.69) is 0 Å². The van der Waals surface area contributed by atoms with Crippen LogP contribution in [0.1, 0.15) is 0 Å². The summed E-state index contributed by atoms with van der Waals surface area (Å²) in [6.07, 6.45) is -0.542. The number of nitrogens with zero attached hydrogens (tertiary/aromatic N) is 1. The van der Waals surface area contributed by atoms with E-state index in [1.807, 2.05) is 24.3 Å². The minimum absolute atomic E-state index is 0.105. The fourth-order valence-electron chi connectivity index (χ4n) is 2.34. The fourth-order valence-corrected chi connectivity index (χ4v) is 2.34. The van der Waals surface area contributed by atoms with Gasteiger partial charge in [0.2, 0.25) is 0 Å². The number of fused-ring (bicyclic) bond motifs is 1. The van der Waals surface area contributed by atoms with Gasteiger partial charge >= 0.3 is 0 Å². The van der Waals surface area contributed by atoms with Crippen LogP contribution in [-0.4, -0.2) is 37.6 Å². The minimum atomic E-state index is -0.542. The van der Waals surface area contributed by atoms with E-state index in [4.69, 9.17) is 9.47 Å². The maximum absolute atomic E-state index is 12.2. The summed E-state index contributed by atoms with van der Waals surface area (Å²) in [7, 11) is 1.54. The summed E-state index contributed by atoms with van der Waals surface area (Å²) >= 11 is 0. The van der Waals surface area contributed by atoms with E-state index in [-0.39, 0.29) is 25.0 Å². The molecule has 0 spiro atoms. The number of aromatic hydroxyl groups is 1. The van der Waals surface area contributed by atoms with E-state index < -0.39 is 6.10 Å². The zero-order chi connectivity index (χ0) is 14.1. The molecule has 5 nitrogen and oxygen atoms in total. The molecule has 2 aromatic carbocycles. The monoisotopic (exact) mass is 273 g/mol. The average Bonchev–Trinajstić information content (AvgIpc) is 2.80. The third-order valence-electron chi connectivity index (χ3n) is 3.38. The number of rotatable bonds is 3. The molecule has 1 fully saturated rings. The molecule has 0 radical (unpaired) electrons. The van der Waals surface area contributed by atoms with Crippen LogP contribution in [0.2, 0.25) is 0 Å². The number of carbonyl (C=O) groups excluding carboxylic acids is 1. The first-order valence-corrected chi connectivity index (χ1v) is 6.34. The van der Waals surface area contributed by atoms with E-state index in [9.17, 15) is 9.90 Å². The van der Waals surface area contributed by atoms with Gasteiger partial charge in [0.05, 0.1) is 6.61 Å². The maximum atomic E-state index is 12.2. The predicted octanol–water partition coefficient (Wildman–Crippen LogP) is 1.88. The molecule has 20 heavy (non-hydrogen) atoms. The number of carbonyl (C=O) groups is 1. The molecule has 1 amide bonds. The molecule has 0 aromatic heterocycles. The van der Waals surface area contributed by atoms with Crippen LogP contribution in [0, 0.1) is 0 Å². The maximum Gasteiger partial charge on any atom is 0.260 e. The summed E-state index contributed by atoms with van der Waals surface area (Å²) in [4.78, 5) is 13.7. The van der Waals surface area contributed by atoms with Crippen molar-refractivity contribution in [3.05, 3.63) is 36.4 Å². The van der Waals surface area contributed by atoms with Crippen LogP contribution in [0.25, 0.3) is 10.8 Å². The van der Waals surface area contributed by atoms with Gasteiger partial charge in [-0.15, -0.1) is 0 Å². The smallest absolute Gasteiger partial charge is 0.260 e. The zero-order valence-corrected chi connectivity index (χ0v) is 11.1. The first-order chi connectivity index (χ1) is 9.69. The molecule has 0 saturated carbocycles. The molecule has 0 bridgehead atoms. The first kappa shape index (κ1) is 12.9. The Balaban J connectivity index is 1.93. The van der Waals surface area contributed by atoms with Crippen LogP contribution in [-0.2, 0) is 14.3 Å². The largest absolute Gasteiger partial charge is 0.508 e. The van der Waals surface area contributed by atoms with Gasteiger partial charge in [-0.25, -0.2) is 0 Å². The average molecular weight is 273 g/mol. The third kappa shape index (κ3) is 2.21. The Bertz CT molecular complexity index is 655. The van der Waals surface area contributed by atoms with E-state index in [1.165, 1.54) is 7.11 Å². The van der Waals surface area contributed by atoms with Gasteiger partial charge < -0.3 is 14.6 Å².